The summed E-state index contributed by atoms with van der Waals surface area (Å²) >= 11 is 0. The summed E-state index contributed by atoms with van der Waals surface area (Å²) in [6.07, 6.45) is 4.81. The lowest BCUT2D eigenvalue weighted by molar-refractivity contribution is -0.506. The first-order chi connectivity index (χ1) is 12.2. The van der Waals surface area contributed by atoms with Gasteiger partial charge >= 0.3 is 0 Å². The fourth-order valence-electron chi connectivity index (χ4n) is 2.03. The van der Waals surface area contributed by atoms with Crippen LogP contribution in [0, 0.1) is 0 Å². The molecule has 1 aromatic heterocycles. The molecule has 2 aromatic rings. The predicted octanol–water partition coefficient (Wildman–Crippen LogP) is 0.654. The average Bonchev–Trinajstić information content (AvgIpc) is 2.63. The fraction of sp³-hybridized carbons (Fsp3) is 0.222. The second kappa shape index (κ2) is 10.3. The van der Waals surface area contributed by atoms with Crippen LogP contribution in [0.25, 0.3) is 0 Å². The quantitative estimate of drug-likeness (QED) is 0.266. The zero-order valence-corrected chi connectivity index (χ0v) is 15.1. The highest BCUT2D eigenvalue weighted by Gasteiger charge is 2.07. The van der Waals surface area contributed by atoms with Gasteiger partial charge in [0.25, 0.3) is 0 Å². The van der Waals surface area contributed by atoms with E-state index in [1.165, 1.54) is 18.5 Å². The molecule has 0 saturated heterocycles. The lowest BCUT2D eigenvalue weighted by Crippen LogP contribution is -2.73. The number of aromatic nitrogens is 1. The third kappa shape index (κ3) is 6.40. The first-order valence-electron chi connectivity index (χ1n) is 7.91. The molecule has 0 aliphatic rings. The Kier molecular flexibility index (Phi) is 7.68. The van der Waals surface area contributed by atoms with Crippen molar-refractivity contribution in [2.75, 3.05) is 13.3 Å². The molecular formula is C18H22N3O3Si+. The number of nitrogens with one attached hydrogen (secondary N) is 2. The third-order valence-electron chi connectivity index (χ3n) is 3.28. The van der Waals surface area contributed by atoms with E-state index in [4.69, 9.17) is 15.2 Å². The van der Waals surface area contributed by atoms with Crippen molar-refractivity contribution in [1.82, 2.24) is 4.98 Å². The molecule has 0 saturated carbocycles. The summed E-state index contributed by atoms with van der Waals surface area (Å²) in [6, 6.07) is 11.7. The first kappa shape index (κ1) is 18.7. The van der Waals surface area contributed by atoms with Gasteiger partial charge in [-0.05, 0) is 36.4 Å². The molecule has 0 unspecified atom stereocenters. The molecule has 6 nitrogen and oxygen atoms in total. The number of pyridine rings is 1. The molecule has 7 heteroatoms. The molecule has 25 heavy (non-hydrogen) atoms. The van der Waals surface area contributed by atoms with E-state index in [1.54, 1.807) is 12.1 Å². The van der Waals surface area contributed by atoms with Crippen LogP contribution < -0.4 is 21.0 Å². The van der Waals surface area contributed by atoms with Crippen molar-refractivity contribution in [2.24, 2.45) is 5.73 Å². The van der Waals surface area contributed by atoms with Gasteiger partial charge in [0.15, 0.2) is 0 Å². The monoisotopic (exact) mass is 356 g/mol. The van der Waals surface area contributed by atoms with Gasteiger partial charge in [-0.2, -0.15) is 0 Å². The van der Waals surface area contributed by atoms with Crippen LogP contribution in [0.5, 0.6) is 11.5 Å². The van der Waals surface area contributed by atoms with Gasteiger partial charge in [0.1, 0.15) is 11.5 Å². The van der Waals surface area contributed by atoms with Crippen LogP contribution in [-0.4, -0.2) is 33.6 Å². The summed E-state index contributed by atoms with van der Waals surface area (Å²) in [7, 11) is 0.895. The first-order valence-corrected chi connectivity index (χ1v) is 9.62. The van der Waals surface area contributed by atoms with E-state index >= 15 is 0 Å². The standard InChI is InChI=1S/C18H21N3O3Si/c1-25-11-10-23-13-21-17(8-9-19)14-2-4-15(5-3-14)24-16-6-7-18(22)20-12-16/h2-9,12H,10-11,13,19H2,1H3,(H,20,22)/p+1. The molecule has 4 N–H and O–H groups in total. The van der Waals surface area contributed by atoms with Gasteiger partial charge in [-0.3, -0.25) is 4.79 Å². The van der Waals surface area contributed by atoms with Crippen LogP contribution in [0.15, 0.2) is 59.7 Å². The molecular weight excluding hydrogens is 334 g/mol. The molecule has 130 valence electrons. The van der Waals surface area contributed by atoms with E-state index in [2.05, 4.69) is 16.5 Å². The molecule has 0 spiro atoms. The summed E-state index contributed by atoms with van der Waals surface area (Å²) in [4.78, 5) is 16.8. The van der Waals surface area contributed by atoms with E-state index in [0.29, 0.717) is 18.2 Å². The highest BCUT2D eigenvalue weighted by Crippen LogP contribution is 2.19. The van der Waals surface area contributed by atoms with Crippen molar-refractivity contribution in [3.63, 3.8) is 0 Å². The lowest BCUT2D eigenvalue weighted by atomic mass is 10.1. The van der Waals surface area contributed by atoms with Crippen molar-refractivity contribution >= 4 is 15.2 Å². The van der Waals surface area contributed by atoms with Gasteiger partial charge in [0.2, 0.25) is 18.0 Å². The Morgan fingerprint density at radius 2 is 2.00 bits per heavy atom. The normalized spacial score (nSPS) is 11.8. The summed E-state index contributed by atoms with van der Waals surface area (Å²) in [5.41, 5.74) is 7.21. The maximum absolute atomic E-state index is 11.1. The summed E-state index contributed by atoms with van der Waals surface area (Å²) in [6.45, 7) is 3.33. The Bertz CT molecular complexity index is 749. The lowest BCUT2D eigenvalue weighted by Gasteiger charge is -2.05. The zero-order chi connectivity index (χ0) is 17.9. The smallest absolute Gasteiger partial charge is 0.248 e. The minimum atomic E-state index is -0.164. The predicted molar refractivity (Wildman–Crippen MR) is 99.2 cm³/mol. The molecule has 0 atom stereocenters. The fourth-order valence-corrected chi connectivity index (χ4v) is 2.38. The minimum Gasteiger partial charge on any atom is -0.456 e. The highest BCUT2D eigenvalue weighted by molar-refractivity contribution is 6.33. The minimum absolute atomic E-state index is 0.164. The molecule has 0 amide bonds. The molecule has 0 bridgehead atoms. The number of nitrogens with two attached hydrogens (primary N) is 1. The molecule has 1 aromatic carbocycles. The van der Waals surface area contributed by atoms with E-state index in [-0.39, 0.29) is 5.56 Å². The Balaban J connectivity index is 2.03. The van der Waals surface area contributed by atoms with Gasteiger partial charge < -0.3 is 20.2 Å². The number of H-pyrrole nitrogens is 1. The SMILES string of the molecule is C[Si]CCOC[NH+]=C(C=CN)c1ccc(Oc2ccc(=O)[nH]c2)cc1. The average molecular weight is 356 g/mol. The van der Waals surface area contributed by atoms with Gasteiger partial charge in [-0.25, -0.2) is 4.99 Å². The second-order valence-electron chi connectivity index (χ2n) is 5.12. The van der Waals surface area contributed by atoms with Gasteiger partial charge in [-0.15, -0.1) is 0 Å². The zero-order valence-electron chi connectivity index (χ0n) is 14.1. The van der Waals surface area contributed by atoms with E-state index in [1.807, 2.05) is 24.3 Å². The number of allylic oxidation sites excluding steroid dienone is 1. The number of ether oxygens (including phenoxy) is 2. The molecule has 2 rings (SSSR count). The number of hydrogen-bond donors (Lipinski definition) is 3. The highest BCUT2D eigenvalue weighted by atomic mass is 28.2. The van der Waals surface area contributed by atoms with Crippen molar-refractivity contribution in [3.8, 4) is 11.5 Å². The largest absolute Gasteiger partial charge is 0.456 e. The van der Waals surface area contributed by atoms with Crippen LogP contribution >= 0.6 is 0 Å². The van der Waals surface area contributed by atoms with Crippen LogP contribution in [-0.2, 0) is 4.74 Å². The van der Waals surface area contributed by atoms with Crippen LogP contribution in [0.3, 0.4) is 0 Å². The van der Waals surface area contributed by atoms with Crippen LogP contribution in [0.2, 0.25) is 12.6 Å². The Morgan fingerprint density at radius 1 is 1.24 bits per heavy atom. The maximum atomic E-state index is 11.1. The number of benzene rings is 1. The van der Waals surface area contributed by atoms with Crippen molar-refractivity contribution in [3.05, 3.63) is 70.8 Å². The molecule has 1 heterocycles. The second-order valence-corrected chi connectivity index (χ2v) is 6.33. The van der Waals surface area contributed by atoms with Crippen LogP contribution in [0.4, 0.5) is 0 Å². The van der Waals surface area contributed by atoms with E-state index in [9.17, 15) is 4.79 Å². The van der Waals surface area contributed by atoms with Gasteiger partial charge in [-0.1, -0.05) is 6.55 Å². The Hall–Kier alpha value is -2.64. The summed E-state index contributed by atoms with van der Waals surface area (Å²) in [5, 5.41) is 0. The van der Waals surface area contributed by atoms with Crippen molar-refractivity contribution in [2.45, 2.75) is 12.6 Å². The topological polar surface area (TPSA) is 91.3 Å². The number of hydrogen-bond acceptors (Lipinski definition) is 4. The van der Waals surface area contributed by atoms with E-state index in [0.717, 1.165) is 33.4 Å². The molecule has 0 fully saturated rings. The number of rotatable bonds is 9. The Labute approximate surface area is 149 Å². The maximum Gasteiger partial charge on any atom is 0.248 e. The molecule has 0 aliphatic heterocycles. The summed E-state index contributed by atoms with van der Waals surface area (Å²) < 4.78 is 11.2. The third-order valence-corrected chi connectivity index (χ3v) is 3.98. The molecule has 2 radical (unpaired) electrons. The Morgan fingerprint density at radius 3 is 2.64 bits per heavy atom. The van der Waals surface area contributed by atoms with Crippen LogP contribution in [0.1, 0.15) is 5.56 Å². The number of aromatic amines is 1. The van der Waals surface area contributed by atoms with Gasteiger partial charge in [0.05, 0.1) is 6.61 Å². The summed E-state index contributed by atoms with van der Waals surface area (Å²) in [5.74, 6) is 1.24. The van der Waals surface area contributed by atoms with Gasteiger partial charge in [0, 0.05) is 39.6 Å². The van der Waals surface area contributed by atoms with E-state index < -0.39 is 0 Å². The van der Waals surface area contributed by atoms with Crippen molar-refractivity contribution in [1.29, 1.82) is 0 Å². The van der Waals surface area contributed by atoms with Crippen molar-refractivity contribution < 1.29 is 14.5 Å². The molecule has 0 aliphatic carbocycles.